The lowest BCUT2D eigenvalue weighted by molar-refractivity contribution is 0.103. The zero-order chi connectivity index (χ0) is 26.4. The molecule has 0 aliphatic heterocycles. The molecule has 4 nitrogen and oxygen atoms in total. The molecule has 0 amide bonds. The van der Waals surface area contributed by atoms with Gasteiger partial charge in [-0.1, -0.05) is 48.0 Å². The monoisotopic (exact) mass is 688 g/mol. The molecule has 2 aromatic carbocycles. The fourth-order valence-corrected chi connectivity index (χ4v) is 6.44. The first kappa shape index (κ1) is 28.1. The van der Waals surface area contributed by atoms with E-state index in [2.05, 4.69) is 72.6 Å². The van der Waals surface area contributed by atoms with Crippen molar-refractivity contribution in [3.63, 3.8) is 0 Å². The van der Waals surface area contributed by atoms with Crippen LogP contribution in [-0.2, 0) is 0 Å². The third kappa shape index (κ3) is 6.75. The molecule has 0 unspecified atom stereocenters. The van der Waals surface area contributed by atoms with Crippen molar-refractivity contribution in [2.24, 2.45) is 0 Å². The van der Waals surface area contributed by atoms with E-state index in [1.54, 1.807) is 0 Å². The number of nitrogens with zero attached hydrogens (tertiary/aromatic N) is 2. The fourth-order valence-electron chi connectivity index (χ4n) is 4.63. The average molecular weight is 691 g/mol. The third-order valence-corrected chi connectivity index (χ3v) is 7.91. The number of carbonyl (C=O) groups is 1. The van der Waals surface area contributed by atoms with Gasteiger partial charge in [0.25, 0.3) is 0 Å². The Morgan fingerprint density at radius 1 is 0.892 bits per heavy atom. The largest absolute Gasteiger partial charge is 0.491 e. The number of benzene rings is 2. The van der Waals surface area contributed by atoms with Crippen LogP contribution in [0.1, 0.15) is 49.2 Å². The first-order valence-electron chi connectivity index (χ1n) is 12.7. The van der Waals surface area contributed by atoms with Crippen molar-refractivity contribution < 1.29 is 9.53 Å². The molecule has 37 heavy (non-hydrogen) atoms. The highest BCUT2D eigenvalue weighted by molar-refractivity contribution is 9.11. The summed E-state index contributed by atoms with van der Waals surface area (Å²) in [5.74, 6) is 0.671. The number of ether oxygens (including phenoxy) is 1. The molecule has 194 valence electrons. The lowest BCUT2D eigenvalue weighted by atomic mass is 10.00. The van der Waals surface area contributed by atoms with Crippen LogP contribution in [0.2, 0.25) is 0 Å². The maximum atomic E-state index is 14.0. The van der Waals surface area contributed by atoms with Crippen molar-refractivity contribution >= 4 is 59.1 Å². The molecule has 0 atom stereocenters. The number of aromatic nitrogens is 1. The van der Waals surface area contributed by atoms with Crippen LogP contribution >= 0.6 is 47.8 Å². The number of pyridine rings is 1. The van der Waals surface area contributed by atoms with Crippen molar-refractivity contribution in [3.05, 3.63) is 91.5 Å². The van der Waals surface area contributed by atoms with Gasteiger partial charge in [-0.05, 0) is 112 Å². The van der Waals surface area contributed by atoms with E-state index >= 15 is 0 Å². The van der Waals surface area contributed by atoms with E-state index < -0.39 is 0 Å². The Hall–Kier alpha value is -1.93. The van der Waals surface area contributed by atoms with Gasteiger partial charge in [0.15, 0.2) is 0 Å². The summed E-state index contributed by atoms with van der Waals surface area (Å²) in [5, 5.41) is 0. The van der Waals surface area contributed by atoms with E-state index in [1.807, 2.05) is 65.2 Å². The van der Waals surface area contributed by atoms with E-state index in [4.69, 9.17) is 4.74 Å². The van der Waals surface area contributed by atoms with Gasteiger partial charge in [-0.3, -0.25) is 4.79 Å². The van der Waals surface area contributed by atoms with Crippen molar-refractivity contribution in [2.75, 3.05) is 26.2 Å². The van der Waals surface area contributed by atoms with E-state index in [-0.39, 0.29) is 5.78 Å². The van der Waals surface area contributed by atoms with E-state index in [9.17, 15) is 4.79 Å². The summed E-state index contributed by atoms with van der Waals surface area (Å²) in [6.45, 7) is 8.31. The predicted octanol–water partition coefficient (Wildman–Crippen LogP) is 9.02. The minimum absolute atomic E-state index is 0.0519. The van der Waals surface area contributed by atoms with E-state index in [0.717, 1.165) is 74.7 Å². The van der Waals surface area contributed by atoms with Gasteiger partial charge in [0.05, 0.1) is 15.6 Å². The van der Waals surface area contributed by atoms with Crippen LogP contribution < -0.4 is 4.74 Å². The van der Waals surface area contributed by atoms with Crippen LogP contribution in [0.3, 0.4) is 0 Å². The second-order valence-electron chi connectivity index (χ2n) is 9.05. The SMILES string of the molecule is CCCN(CCC)CCCOc1c(Br)cc(C(=O)c2c(-c3cccc(Br)c3)cc3ccccn23)cc1Br. The van der Waals surface area contributed by atoms with Gasteiger partial charge in [0.1, 0.15) is 11.4 Å². The normalized spacial score (nSPS) is 11.4. The molecule has 0 aliphatic rings. The Morgan fingerprint density at radius 2 is 1.62 bits per heavy atom. The molecule has 0 saturated heterocycles. The summed E-state index contributed by atoms with van der Waals surface area (Å²) in [6, 6.07) is 19.8. The van der Waals surface area contributed by atoms with Crippen molar-refractivity contribution in [3.8, 4) is 16.9 Å². The standard InChI is InChI=1S/C30H31Br3N2O2/c1-3-12-34(13-4-2)14-8-16-37-30-26(32)18-22(19-27(30)33)29(36)28-25(21-9-7-10-23(31)17-21)20-24-11-5-6-15-35(24)28/h5-7,9-11,15,17-20H,3-4,8,12-14,16H2,1-2H3. The Balaban J connectivity index is 1.59. The molecule has 0 bridgehead atoms. The smallest absolute Gasteiger partial charge is 0.210 e. The zero-order valence-corrected chi connectivity index (χ0v) is 25.9. The Bertz CT molecular complexity index is 1350. The maximum Gasteiger partial charge on any atom is 0.210 e. The minimum Gasteiger partial charge on any atom is -0.491 e. The molecule has 0 saturated carbocycles. The quantitative estimate of drug-likeness (QED) is 0.110. The summed E-state index contributed by atoms with van der Waals surface area (Å²) in [4.78, 5) is 16.4. The minimum atomic E-state index is -0.0519. The molecule has 0 fully saturated rings. The summed E-state index contributed by atoms with van der Waals surface area (Å²) in [6.07, 6.45) is 5.21. The topological polar surface area (TPSA) is 34.0 Å². The van der Waals surface area contributed by atoms with Crippen LogP contribution in [0, 0.1) is 0 Å². The summed E-state index contributed by atoms with van der Waals surface area (Å²) < 4.78 is 10.6. The van der Waals surface area contributed by atoms with Gasteiger partial charge >= 0.3 is 0 Å². The molecule has 0 spiro atoms. The highest BCUT2D eigenvalue weighted by Gasteiger charge is 2.22. The van der Waals surface area contributed by atoms with Crippen LogP contribution in [0.15, 0.2) is 80.3 Å². The van der Waals surface area contributed by atoms with Crippen molar-refractivity contribution in [1.29, 1.82) is 0 Å². The van der Waals surface area contributed by atoms with Gasteiger partial charge in [-0.2, -0.15) is 0 Å². The molecule has 7 heteroatoms. The summed E-state index contributed by atoms with van der Waals surface area (Å²) in [5.41, 5.74) is 4.07. The molecule has 4 aromatic rings. The Morgan fingerprint density at radius 3 is 2.30 bits per heavy atom. The van der Waals surface area contributed by atoms with Crippen LogP contribution in [-0.4, -0.2) is 41.3 Å². The molecule has 2 heterocycles. The molecular formula is C30H31Br3N2O2. The predicted molar refractivity (Wildman–Crippen MR) is 163 cm³/mol. The maximum absolute atomic E-state index is 14.0. The second kappa shape index (κ2) is 13.2. The second-order valence-corrected chi connectivity index (χ2v) is 11.7. The van der Waals surface area contributed by atoms with Crippen LogP contribution in [0.25, 0.3) is 16.6 Å². The molecule has 2 aromatic heterocycles. The number of fused-ring (bicyclic) bond motifs is 1. The Labute approximate surface area is 244 Å². The first-order chi connectivity index (χ1) is 17.9. The van der Waals surface area contributed by atoms with Crippen LogP contribution in [0.5, 0.6) is 5.75 Å². The Kier molecular flexibility index (Phi) is 10.0. The van der Waals surface area contributed by atoms with Gasteiger partial charge < -0.3 is 14.0 Å². The molecule has 4 rings (SSSR count). The van der Waals surface area contributed by atoms with Gasteiger partial charge in [-0.25, -0.2) is 0 Å². The van der Waals surface area contributed by atoms with E-state index in [1.165, 1.54) is 0 Å². The fraction of sp³-hybridized carbons (Fsp3) is 0.300. The van der Waals surface area contributed by atoms with Gasteiger partial charge in [-0.15, -0.1) is 0 Å². The lowest BCUT2D eigenvalue weighted by Gasteiger charge is -2.21. The zero-order valence-electron chi connectivity index (χ0n) is 21.1. The molecule has 0 N–H and O–H groups in total. The number of rotatable bonds is 12. The highest BCUT2D eigenvalue weighted by atomic mass is 79.9. The van der Waals surface area contributed by atoms with Crippen LogP contribution in [0.4, 0.5) is 0 Å². The number of hydrogen-bond donors (Lipinski definition) is 0. The lowest BCUT2D eigenvalue weighted by Crippen LogP contribution is -2.27. The summed E-state index contributed by atoms with van der Waals surface area (Å²) >= 11 is 10.9. The number of hydrogen-bond acceptors (Lipinski definition) is 3. The number of carbonyl (C=O) groups excluding carboxylic acids is 1. The number of ketones is 1. The summed E-state index contributed by atoms with van der Waals surface area (Å²) in [7, 11) is 0. The number of halogens is 3. The third-order valence-electron chi connectivity index (χ3n) is 6.24. The molecule has 0 aliphatic carbocycles. The van der Waals surface area contributed by atoms with Gasteiger partial charge in [0.2, 0.25) is 5.78 Å². The molecule has 0 radical (unpaired) electrons. The van der Waals surface area contributed by atoms with E-state index in [0.29, 0.717) is 17.9 Å². The highest BCUT2D eigenvalue weighted by Crippen LogP contribution is 2.37. The average Bonchev–Trinajstić information content (AvgIpc) is 3.27. The van der Waals surface area contributed by atoms with Crippen molar-refractivity contribution in [2.45, 2.75) is 33.1 Å². The molecular weight excluding hydrogens is 660 g/mol. The van der Waals surface area contributed by atoms with Crippen molar-refractivity contribution in [1.82, 2.24) is 9.30 Å². The first-order valence-corrected chi connectivity index (χ1v) is 15.1. The van der Waals surface area contributed by atoms with Gasteiger partial charge in [0, 0.05) is 33.9 Å².